The van der Waals surface area contributed by atoms with Crippen molar-refractivity contribution in [3.8, 4) is 0 Å². The largest absolute Gasteiger partial charge is 0.480 e. The Morgan fingerprint density at radius 1 is 1.35 bits per heavy atom. The summed E-state index contributed by atoms with van der Waals surface area (Å²) in [5.74, 6) is -2.82. The number of carboxylic acid groups (broad SMARTS) is 1. The maximum Gasteiger partial charge on any atom is 0.325 e. The molecular formula is C12H15F2NO2. The van der Waals surface area contributed by atoms with Gasteiger partial charge in [0.1, 0.15) is 17.7 Å². The highest BCUT2D eigenvalue weighted by atomic mass is 19.1. The van der Waals surface area contributed by atoms with Crippen molar-refractivity contribution in [2.24, 2.45) is 5.92 Å². The summed E-state index contributed by atoms with van der Waals surface area (Å²) >= 11 is 0. The van der Waals surface area contributed by atoms with Crippen LogP contribution in [0.4, 0.5) is 8.78 Å². The summed E-state index contributed by atoms with van der Waals surface area (Å²) < 4.78 is 26.9. The van der Waals surface area contributed by atoms with E-state index in [9.17, 15) is 13.6 Å². The Balaban J connectivity index is 3.01. The van der Waals surface area contributed by atoms with Gasteiger partial charge in [-0.05, 0) is 24.6 Å². The second-order valence-electron chi connectivity index (χ2n) is 4.21. The smallest absolute Gasteiger partial charge is 0.325 e. The average molecular weight is 243 g/mol. The van der Waals surface area contributed by atoms with Crippen molar-refractivity contribution in [2.45, 2.75) is 19.9 Å². The zero-order valence-corrected chi connectivity index (χ0v) is 9.71. The predicted octanol–water partition coefficient (Wildman–Crippen LogP) is 2.34. The van der Waals surface area contributed by atoms with E-state index < -0.39 is 29.2 Å². The van der Waals surface area contributed by atoms with Crippen molar-refractivity contribution in [1.29, 1.82) is 0 Å². The lowest BCUT2D eigenvalue weighted by molar-refractivity contribution is -0.139. The zero-order chi connectivity index (χ0) is 13.0. The van der Waals surface area contributed by atoms with Gasteiger partial charge in [-0.25, -0.2) is 8.78 Å². The van der Waals surface area contributed by atoms with E-state index in [2.05, 4.69) is 5.32 Å². The molecule has 1 aromatic rings. The second-order valence-corrected chi connectivity index (χ2v) is 4.21. The van der Waals surface area contributed by atoms with Crippen LogP contribution in [-0.2, 0) is 4.79 Å². The van der Waals surface area contributed by atoms with E-state index >= 15 is 0 Å². The number of halogens is 2. The number of aliphatic carboxylic acids is 1. The number of carbonyl (C=O) groups is 1. The highest BCUT2D eigenvalue weighted by Crippen LogP contribution is 2.21. The third kappa shape index (κ3) is 3.49. The van der Waals surface area contributed by atoms with Crippen LogP contribution < -0.4 is 5.32 Å². The SMILES string of the molecule is CC(C)CNC(C(=O)O)c1c(F)cccc1F. The van der Waals surface area contributed by atoms with E-state index in [4.69, 9.17) is 5.11 Å². The van der Waals surface area contributed by atoms with Gasteiger partial charge < -0.3 is 10.4 Å². The molecule has 3 nitrogen and oxygen atoms in total. The molecule has 0 aliphatic carbocycles. The van der Waals surface area contributed by atoms with Gasteiger partial charge in [0.25, 0.3) is 0 Å². The average Bonchev–Trinajstić information content (AvgIpc) is 2.21. The molecule has 2 N–H and O–H groups in total. The Morgan fingerprint density at radius 3 is 2.29 bits per heavy atom. The van der Waals surface area contributed by atoms with Gasteiger partial charge in [0.05, 0.1) is 5.56 Å². The molecule has 0 saturated heterocycles. The van der Waals surface area contributed by atoms with Crippen molar-refractivity contribution < 1.29 is 18.7 Å². The van der Waals surface area contributed by atoms with Crippen molar-refractivity contribution in [1.82, 2.24) is 5.32 Å². The maximum absolute atomic E-state index is 13.4. The van der Waals surface area contributed by atoms with Crippen LogP contribution in [-0.4, -0.2) is 17.6 Å². The summed E-state index contributed by atoms with van der Waals surface area (Å²) in [6.45, 7) is 4.12. The molecule has 0 fully saturated rings. The van der Waals surface area contributed by atoms with Crippen molar-refractivity contribution in [3.05, 3.63) is 35.4 Å². The van der Waals surface area contributed by atoms with E-state index in [1.165, 1.54) is 6.07 Å². The second kappa shape index (κ2) is 5.72. The molecule has 0 heterocycles. The van der Waals surface area contributed by atoms with Gasteiger partial charge in [-0.2, -0.15) is 0 Å². The molecule has 0 spiro atoms. The number of hydrogen-bond acceptors (Lipinski definition) is 2. The van der Waals surface area contributed by atoms with Gasteiger partial charge in [0.15, 0.2) is 0 Å². The van der Waals surface area contributed by atoms with Gasteiger partial charge >= 0.3 is 5.97 Å². The monoisotopic (exact) mass is 243 g/mol. The minimum absolute atomic E-state index is 0.187. The minimum Gasteiger partial charge on any atom is -0.480 e. The molecule has 0 aliphatic rings. The molecule has 0 bridgehead atoms. The predicted molar refractivity (Wildman–Crippen MR) is 59.6 cm³/mol. The summed E-state index contributed by atoms with van der Waals surface area (Å²) in [5.41, 5.74) is -0.444. The molecule has 17 heavy (non-hydrogen) atoms. The van der Waals surface area contributed by atoms with Crippen LogP contribution in [0, 0.1) is 17.6 Å². The molecule has 0 radical (unpaired) electrons. The topological polar surface area (TPSA) is 49.3 Å². The molecule has 1 rings (SSSR count). The lowest BCUT2D eigenvalue weighted by Gasteiger charge is -2.17. The van der Waals surface area contributed by atoms with Gasteiger partial charge in [-0.1, -0.05) is 19.9 Å². The summed E-state index contributed by atoms with van der Waals surface area (Å²) in [5, 5.41) is 11.6. The Labute approximate surface area is 98.5 Å². The van der Waals surface area contributed by atoms with Crippen LogP contribution in [0.25, 0.3) is 0 Å². The summed E-state index contributed by atoms with van der Waals surface area (Å²) in [4.78, 5) is 11.0. The molecule has 1 unspecified atom stereocenters. The van der Waals surface area contributed by atoms with E-state index in [1.807, 2.05) is 13.8 Å². The molecule has 0 amide bonds. The molecule has 1 atom stereocenters. The number of hydrogen-bond donors (Lipinski definition) is 2. The first-order chi connectivity index (χ1) is 7.93. The van der Waals surface area contributed by atoms with E-state index in [0.29, 0.717) is 6.54 Å². The lowest BCUT2D eigenvalue weighted by Crippen LogP contribution is -2.32. The summed E-state index contributed by atoms with van der Waals surface area (Å²) in [6.07, 6.45) is 0. The first-order valence-corrected chi connectivity index (χ1v) is 5.33. The number of benzene rings is 1. The standard InChI is InChI=1S/C12H15F2NO2/c1-7(2)6-15-11(12(16)17)10-8(13)4-3-5-9(10)14/h3-5,7,11,15H,6H2,1-2H3,(H,16,17). The van der Waals surface area contributed by atoms with Gasteiger partial charge in [-0.3, -0.25) is 4.79 Å². The first-order valence-electron chi connectivity index (χ1n) is 5.33. The van der Waals surface area contributed by atoms with E-state index in [0.717, 1.165) is 12.1 Å². The van der Waals surface area contributed by atoms with Crippen LogP contribution in [0.15, 0.2) is 18.2 Å². The first kappa shape index (κ1) is 13.6. The van der Waals surface area contributed by atoms with E-state index in [1.54, 1.807) is 0 Å². The number of carboxylic acids is 1. The maximum atomic E-state index is 13.4. The van der Waals surface area contributed by atoms with Crippen LogP contribution in [0.2, 0.25) is 0 Å². The normalized spacial score (nSPS) is 12.8. The third-order valence-electron chi connectivity index (χ3n) is 2.27. The molecule has 0 aliphatic heterocycles. The molecule has 0 aromatic heterocycles. The summed E-state index contributed by atoms with van der Waals surface area (Å²) in [7, 11) is 0. The van der Waals surface area contributed by atoms with Gasteiger partial charge in [0.2, 0.25) is 0 Å². The van der Waals surface area contributed by atoms with Crippen LogP contribution in [0.5, 0.6) is 0 Å². The van der Waals surface area contributed by atoms with Crippen molar-refractivity contribution >= 4 is 5.97 Å². The lowest BCUT2D eigenvalue weighted by atomic mass is 10.0. The van der Waals surface area contributed by atoms with Crippen LogP contribution in [0.1, 0.15) is 25.5 Å². The van der Waals surface area contributed by atoms with Crippen LogP contribution >= 0.6 is 0 Å². The third-order valence-corrected chi connectivity index (χ3v) is 2.27. The summed E-state index contributed by atoms with van der Waals surface area (Å²) in [6, 6.07) is 1.94. The molecular weight excluding hydrogens is 228 g/mol. The van der Waals surface area contributed by atoms with Gasteiger partial charge in [-0.15, -0.1) is 0 Å². The fourth-order valence-corrected chi connectivity index (χ4v) is 1.45. The number of rotatable bonds is 5. The zero-order valence-electron chi connectivity index (χ0n) is 9.71. The van der Waals surface area contributed by atoms with Crippen molar-refractivity contribution in [3.63, 3.8) is 0 Å². The molecule has 94 valence electrons. The van der Waals surface area contributed by atoms with E-state index in [-0.39, 0.29) is 5.92 Å². The molecule has 1 aromatic carbocycles. The fraction of sp³-hybridized carbons (Fsp3) is 0.417. The van der Waals surface area contributed by atoms with Crippen LogP contribution in [0.3, 0.4) is 0 Å². The Bertz CT molecular complexity index is 387. The van der Waals surface area contributed by atoms with Gasteiger partial charge in [0, 0.05) is 0 Å². The highest BCUT2D eigenvalue weighted by Gasteiger charge is 2.26. The Morgan fingerprint density at radius 2 is 1.88 bits per heavy atom. The Kier molecular flexibility index (Phi) is 4.57. The molecule has 5 heteroatoms. The Hall–Kier alpha value is -1.49. The minimum atomic E-state index is -1.36. The number of nitrogens with one attached hydrogen (secondary N) is 1. The van der Waals surface area contributed by atoms with Crippen molar-refractivity contribution in [2.75, 3.05) is 6.54 Å². The quantitative estimate of drug-likeness (QED) is 0.834. The highest BCUT2D eigenvalue weighted by molar-refractivity contribution is 5.75. The fourth-order valence-electron chi connectivity index (χ4n) is 1.45. The molecule has 0 saturated carbocycles.